The lowest BCUT2D eigenvalue weighted by molar-refractivity contribution is -0.119. The molecule has 0 heterocycles. The van der Waals surface area contributed by atoms with E-state index >= 15 is 0 Å². The Kier molecular flexibility index (Phi) is 9.51. The SMILES string of the molecule is CCOc1ccc(/C=N/NC(=O)CN(c2ccccc2OC)S(=O)(=O)c2ccc(C)cc2)cc1OCC. The van der Waals surface area contributed by atoms with Gasteiger partial charge in [-0.3, -0.25) is 9.10 Å². The van der Waals surface area contributed by atoms with E-state index in [0.717, 1.165) is 9.87 Å². The Morgan fingerprint density at radius 2 is 1.62 bits per heavy atom. The number of nitrogens with one attached hydrogen (secondary N) is 1. The number of benzene rings is 3. The molecule has 3 rings (SSSR count). The van der Waals surface area contributed by atoms with Gasteiger partial charge in [0, 0.05) is 0 Å². The van der Waals surface area contributed by atoms with Gasteiger partial charge in [0.2, 0.25) is 0 Å². The molecule has 10 heteroatoms. The van der Waals surface area contributed by atoms with Gasteiger partial charge in [0.15, 0.2) is 11.5 Å². The number of amides is 1. The molecule has 0 fully saturated rings. The van der Waals surface area contributed by atoms with Gasteiger partial charge in [0.1, 0.15) is 12.3 Å². The van der Waals surface area contributed by atoms with Crippen molar-refractivity contribution in [3.63, 3.8) is 0 Å². The van der Waals surface area contributed by atoms with E-state index in [9.17, 15) is 13.2 Å². The van der Waals surface area contributed by atoms with E-state index in [2.05, 4.69) is 10.5 Å². The normalized spacial score (nSPS) is 11.2. The highest BCUT2D eigenvalue weighted by atomic mass is 32.2. The number of ether oxygens (including phenoxy) is 3. The van der Waals surface area contributed by atoms with Gasteiger partial charge in [-0.25, -0.2) is 13.8 Å². The zero-order chi connectivity index (χ0) is 26.8. The van der Waals surface area contributed by atoms with Crippen molar-refractivity contribution in [3.05, 3.63) is 77.9 Å². The summed E-state index contributed by atoms with van der Waals surface area (Å²) in [5.41, 5.74) is 4.22. The number of para-hydroxylation sites is 2. The minimum Gasteiger partial charge on any atom is -0.495 e. The van der Waals surface area contributed by atoms with Crippen LogP contribution in [0.4, 0.5) is 5.69 Å². The van der Waals surface area contributed by atoms with Crippen LogP contribution in [0.2, 0.25) is 0 Å². The number of hydrazone groups is 1. The number of sulfonamides is 1. The molecule has 0 aliphatic carbocycles. The topological polar surface area (TPSA) is 107 Å². The van der Waals surface area contributed by atoms with Crippen LogP contribution in [0.15, 0.2) is 76.7 Å². The first-order chi connectivity index (χ1) is 17.8. The highest BCUT2D eigenvalue weighted by molar-refractivity contribution is 7.92. The van der Waals surface area contributed by atoms with Crippen LogP contribution in [-0.4, -0.2) is 47.4 Å². The number of carbonyl (C=O) groups is 1. The van der Waals surface area contributed by atoms with Crippen molar-refractivity contribution in [2.45, 2.75) is 25.7 Å². The Bertz CT molecular complexity index is 1340. The largest absolute Gasteiger partial charge is 0.495 e. The third-order valence-electron chi connectivity index (χ3n) is 5.22. The third-order valence-corrected chi connectivity index (χ3v) is 6.99. The maximum atomic E-state index is 13.6. The summed E-state index contributed by atoms with van der Waals surface area (Å²) in [6.07, 6.45) is 1.44. The van der Waals surface area contributed by atoms with Crippen LogP contribution in [0.3, 0.4) is 0 Å². The van der Waals surface area contributed by atoms with Gasteiger partial charge in [-0.2, -0.15) is 5.10 Å². The van der Waals surface area contributed by atoms with E-state index in [4.69, 9.17) is 14.2 Å². The van der Waals surface area contributed by atoms with Crippen LogP contribution in [0.5, 0.6) is 17.2 Å². The molecule has 37 heavy (non-hydrogen) atoms. The minimum atomic E-state index is -4.09. The summed E-state index contributed by atoms with van der Waals surface area (Å²) in [5.74, 6) is 0.853. The molecule has 3 aromatic carbocycles. The lowest BCUT2D eigenvalue weighted by Gasteiger charge is -2.25. The number of methoxy groups -OCH3 is 1. The number of rotatable bonds is 12. The van der Waals surface area contributed by atoms with Gasteiger partial charge in [0.05, 0.1) is 37.1 Å². The van der Waals surface area contributed by atoms with Crippen molar-refractivity contribution in [3.8, 4) is 17.2 Å². The molecule has 3 aromatic rings. The molecular formula is C27H31N3O6S. The average molecular weight is 526 g/mol. The fourth-order valence-corrected chi connectivity index (χ4v) is 4.90. The van der Waals surface area contributed by atoms with Crippen molar-refractivity contribution in [2.24, 2.45) is 5.10 Å². The Labute approximate surface area is 217 Å². The lowest BCUT2D eigenvalue weighted by atomic mass is 10.2. The maximum absolute atomic E-state index is 13.6. The fourth-order valence-electron chi connectivity index (χ4n) is 3.47. The second kappa shape index (κ2) is 12.8. The summed E-state index contributed by atoms with van der Waals surface area (Å²) in [6.45, 7) is 6.06. The molecule has 1 N–H and O–H groups in total. The smallest absolute Gasteiger partial charge is 0.264 e. The standard InChI is InChI=1S/C27H31N3O6S/c1-5-35-25-16-13-21(17-26(25)36-6-2)18-28-29-27(31)19-30(23-9-7-8-10-24(23)34-4)37(32,33)22-14-11-20(3)12-15-22/h7-18H,5-6,19H2,1-4H3,(H,29,31)/b28-18+. The number of hydrogen-bond donors (Lipinski definition) is 1. The van der Waals surface area contributed by atoms with Gasteiger partial charge >= 0.3 is 0 Å². The van der Waals surface area contributed by atoms with Crippen molar-refractivity contribution >= 4 is 27.8 Å². The molecule has 0 unspecified atom stereocenters. The predicted molar refractivity (Wildman–Crippen MR) is 143 cm³/mol. The quantitative estimate of drug-likeness (QED) is 0.281. The number of anilines is 1. The average Bonchev–Trinajstić information content (AvgIpc) is 2.89. The Balaban J connectivity index is 1.84. The van der Waals surface area contributed by atoms with Crippen molar-refractivity contribution in [2.75, 3.05) is 31.2 Å². The van der Waals surface area contributed by atoms with Crippen LogP contribution in [-0.2, 0) is 14.8 Å². The summed E-state index contributed by atoms with van der Waals surface area (Å²) >= 11 is 0. The molecule has 0 bridgehead atoms. The van der Waals surface area contributed by atoms with Gasteiger partial charge in [-0.15, -0.1) is 0 Å². The summed E-state index contributed by atoms with van der Waals surface area (Å²) in [7, 11) is -2.65. The van der Waals surface area contributed by atoms with E-state index in [0.29, 0.717) is 36.0 Å². The van der Waals surface area contributed by atoms with Crippen molar-refractivity contribution in [1.29, 1.82) is 0 Å². The fraction of sp³-hybridized carbons (Fsp3) is 0.259. The Hall–Kier alpha value is -4.05. The highest BCUT2D eigenvalue weighted by Crippen LogP contribution is 2.32. The first-order valence-corrected chi connectivity index (χ1v) is 13.2. The molecule has 0 aliphatic heterocycles. The molecule has 0 radical (unpaired) electrons. The predicted octanol–water partition coefficient (Wildman–Crippen LogP) is 4.15. The monoisotopic (exact) mass is 525 g/mol. The van der Waals surface area contributed by atoms with Crippen LogP contribution in [0.1, 0.15) is 25.0 Å². The molecule has 0 atom stereocenters. The maximum Gasteiger partial charge on any atom is 0.264 e. The summed E-state index contributed by atoms with van der Waals surface area (Å²) in [6, 6.07) is 18.3. The second-order valence-electron chi connectivity index (χ2n) is 7.86. The summed E-state index contributed by atoms with van der Waals surface area (Å²) in [5, 5.41) is 4.00. The Morgan fingerprint density at radius 3 is 2.30 bits per heavy atom. The molecule has 196 valence electrons. The second-order valence-corrected chi connectivity index (χ2v) is 9.72. The van der Waals surface area contributed by atoms with E-state index in [1.807, 2.05) is 20.8 Å². The van der Waals surface area contributed by atoms with E-state index < -0.39 is 22.5 Å². The van der Waals surface area contributed by atoms with E-state index in [1.165, 1.54) is 25.5 Å². The zero-order valence-corrected chi connectivity index (χ0v) is 22.1. The van der Waals surface area contributed by atoms with Gasteiger partial charge < -0.3 is 14.2 Å². The van der Waals surface area contributed by atoms with Gasteiger partial charge in [-0.1, -0.05) is 29.8 Å². The molecule has 0 saturated heterocycles. The number of aryl methyl sites for hydroxylation is 1. The summed E-state index contributed by atoms with van der Waals surface area (Å²) in [4.78, 5) is 12.9. The molecule has 9 nitrogen and oxygen atoms in total. The molecule has 0 aromatic heterocycles. The number of hydrogen-bond acceptors (Lipinski definition) is 7. The molecule has 0 aliphatic rings. The van der Waals surface area contributed by atoms with Crippen LogP contribution in [0.25, 0.3) is 0 Å². The van der Waals surface area contributed by atoms with Crippen molar-refractivity contribution < 1.29 is 27.4 Å². The zero-order valence-electron chi connectivity index (χ0n) is 21.3. The first-order valence-electron chi connectivity index (χ1n) is 11.7. The van der Waals surface area contributed by atoms with Crippen LogP contribution >= 0.6 is 0 Å². The minimum absolute atomic E-state index is 0.0538. The van der Waals surface area contributed by atoms with E-state index in [1.54, 1.807) is 54.6 Å². The molecule has 1 amide bonds. The highest BCUT2D eigenvalue weighted by Gasteiger charge is 2.29. The summed E-state index contributed by atoms with van der Waals surface area (Å²) < 4.78 is 44.6. The van der Waals surface area contributed by atoms with Crippen LogP contribution < -0.4 is 23.9 Å². The van der Waals surface area contributed by atoms with Crippen LogP contribution in [0, 0.1) is 6.92 Å². The third kappa shape index (κ3) is 7.01. The number of nitrogens with zero attached hydrogens (tertiary/aromatic N) is 2. The molecule has 0 saturated carbocycles. The van der Waals surface area contributed by atoms with E-state index in [-0.39, 0.29) is 10.6 Å². The first kappa shape index (κ1) is 27.5. The number of carbonyl (C=O) groups excluding carboxylic acids is 1. The van der Waals surface area contributed by atoms with Gasteiger partial charge in [0.25, 0.3) is 15.9 Å². The van der Waals surface area contributed by atoms with Crippen molar-refractivity contribution in [1.82, 2.24) is 5.43 Å². The Morgan fingerprint density at radius 1 is 0.946 bits per heavy atom. The lowest BCUT2D eigenvalue weighted by Crippen LogP contribution is -2.39. The molecular weight excluding hydrogens is 494 g/mol. The van der Waals surface area contributed by atoms with Gasteiger partial charge in [-0.05, 0) is 68.8 Å². The molecule has 0 spiro atoms.